The Morgan fingerprint density at radius 3 is 2.39 bits per heavy atom. The van der Waals surface area contributed by atoms with Gasteiger partial charge in [0.15, 0.2) is 0 Å². The van der Waals surface area contributed by atoms with Gasteiger partial charge < -0.3 is 0 Å². The Morgan fingerprint density at radius 1 is 1.03 bits per heavy atom. The number of amides is 1. The van der Waals surface area contributed by atoms with Crippen LogP contribution < -0.4 is 5.01 Å². The average Bonchev–Trinajstić information content (AvgIpc) is 3.17. The number of hydrazone groups is 1. The third-order valence-corrected chi connectivity index (χ3v) is 5.22. The number of anilines is 1. The van der Waals surface area contributed by atoms with Gasteiger partial charge in [0.1, 0.15) is 11.6 Å². The Kier molecular flexibility index (Phi) is 5.46. The first kappa shape index (κ1) is 20.2. The van der Waals surface area contributed by atoms with Crippen LogP contribution in [0.3, 0.4) is 0 Å². The molecule has 0 unspecified atom stereocenters. The van der Waals surface area contributed by atoms with Crippen LogP contribution >= 0.6 is 11.3 Å². The number of thiazole rings is 1. The second-order valence-corrected chi connectivity index (χ2v) is 7.33. The van der Waals surface area contributed by atoms with Crippen LogP contribution in [0.4, 0.5) is 19.6 Å². The van der Waals surface area contributed by atoms with E-state index >= 15 is 0 Å². The van der Waals surface area contributed by atoms with Crippen molar-refractivity contribution in [1.82, 2.24) is 4.98 Å². The van der Waals surface area contributed by atoms with Crippen LogP contribution in [0.5, 0.6) is 0 Å². The van der Waals surface area contributed by atoms with Gasteiger partial charge >= 0.3 is 0 Å². The van der Waals surface area contributed by atoms with Gasteiger partial charge in [-0.25, -0.2) is 13.8 Å². The second kappa shape index (κ2) is 8.36. The molecule has 0 aliphatic carbocycles. The zero-order valence-corrected chi connectivity index (χ0v) is 16.4. The summed E-state index contributed by atoms with van der Waals surface area (Å²) >= 11 is 1.06. The summed E-state index contributed by atoms with van der Waals surface area (Å²) in [4.78, 5) is 27.7. The molecular formula is C21H12F2N4O3S. The summed E-state index contributed by atoms with van der Waals surface area (Å²) < 4.78 is 27.3. The number of carbonyl (C=O) groups excluding carboxylic acids is 1. The first-order valence-corrected chi connectivity index (χ1v) is 9.67. The molecule has 0 saturated heterocycles. The largest absolute Gasteiger partial charge is 0.280 e. The number of hydrogen-bond donors (Lipinski definition) is 0. The van der Waals surface area contributed by atoms with Crippen molar-refractivity contribution >= 4 is 44.5 Å². The number of benzene rings is 3. The van der Waals surface area contributed by atoms with E-state index in [-0.39, 0.29) is 16.4 Å². The molecule has 0 fully saturated rings. The van der Waals surface area contributed by atoms with Crippen molar-refractivity contribution in [2.24, 2.45) is 5.10 Å². The number of carbonyl (C=O) groups is 1. The van der Waals surface area contributed by atoms with Gasteiger partial charge in [0, 0.05) is 17.7 Å². The highest BCUT2D eigenvalue weighted by atomic mass is 32.1. The molecule has 7 nitrogen and oxygen atoms in total. The minimum atomic E-state index is -0.572. The number of rotatable bonds is 5. The van der Waals surface area contributed by atoms with Crippen molar-refractivity contribution in [3.05, 3.63) is 99.6 Å². The molecule has 1 aromatic heterocycles. The third kappa shape index (κ3) is 4.43. The minimum absolute atomic E-state index is 0.0791. The van der Waals surface area contributed by atoms with Crippen LogP contribution in [-0.4, -0.2) is 22.0 Å². The van der Waals surface area contributed by atoms with Crippen molar-refractivity contribution in [2.75, 3.05) is 5.01 Å². The average molecular weight is 438 g/mol. The zero-order valence-electron chi connectivity index (χ0n) is 15.6. The minimum Gasteiger partial charge on any atom is -0.267 e. The molecule has 31 heavy (non-hydrogen) atoms. The van der Waals surface area contributed by atoms with Gasteiger partial charge in [0.05, 0.1) is 21.4 Å². The fraction of sp³-hybridized carbons (Fsp3) is 0. The lowest BCUT2D eigenvalue weighted by Gasteiger charge is -2.13. The summed E-state index contributed by atoms with van der Waals surface area (Å²) in [5, 5.41) is 16.2. The van der Waals surface area contributed by atoms with Crippen LogP contribution in [0.1, 0.15) is 15.9 Å². The SMILES string of the molecule is O=C(c1ccc(F)cc1)N(/N=C/c1ccc([N+](=O)[O-])cc1)c1nc2ccc(F)cc2s1. The molecule has 1 heterocycles. The smallest absolute Gasteiger partial charge is 0.267 e. The number of halogens is 2. The van der Waals surface area contributed by atoms with Crippen molar-refractivity contribution in [3.63, 3.8) is 0 Å². The lowest BCUT2D eigenvalue weighted by molar-refractivity contribution is -0.384. The van der Waals surface area contributed by atoms with Crippen LogP contribution in [0, 0.1) is 21.7 Å². The Bertz CT molecular complexity index is 1300. The normalized spacial score (nSPS) is 11.2. The van der Waals surface area contributed by atoms with Gasteiger partial charge in [-0.1, -0.05) is 11.3 Å². The molecule has 1 amide bonds. The first-order valence-electron chi connectivity index (χ1n) is 8.85. The van der Waals surface area contributed by atoms with Gasteiger partial charge in [-0.3, -0.25) is 14.9 Å². The van der Waals surface area contributed by atoms with E-state index in [0.29, 0.717) is 15.8 Å². The van der Waals surface area contributed by atoms with Gasteiger partial charge in [-0.15, -0.1) is 0 Å². The van der Waals surface area contributed by atoms with Crippen LogP contribution in [0.25, 0.3) is 10.2 Å². The Hall–Kier alpha value is -4.05. The molecule has 0 radical (unpaired) electrons. The molecule has 3 aromatic carbocycles. The van der Waals surface area contributed by atoms with Gasteiger partial charge in [-0.05, 0) is 60.2 Å². The number of nitro groups is 1. The molecule has 10 heteroatoms. The van der Waals surface area contributed by atoms with E-state index in [1.807, 2.05) is 0 Å². The number of nitrogens with zero attached hydrogens (tertiary/aromatic N) is 4. The number of aromatic nitrogens is 1. The highest BCUT2D eigenvalue weighted by Crippen LogP contribution is 2.30. The fourth-order valence-electron chi connectivity index (χ4n) is 2.69. The number of non-ortho nitro benzene ring substituents is 1. The molecule has 0 bridgehead atoms. The van der Waals surface area contributed by atoms with E-state index in [1.54, 1.807) is 0 Å². The first-order chi connectivity index (χ1) is 14.9. The molecule has 4 rings (SSSR count). The van der Waals surface area contributed by atoms with E-state index < -0.39 is 22.5 Å². The molecule has 4 aromatic rings. The molecule has 0 aliphatic rings. The van der Waals surface area contributed by atoms with Crippen molar-refractivity contribution < 1.29 is 18.5 Å². The quantitative estimate of drug-likeness (QED) is 0.244. The van der Waals surface area contributed by atoms with Crippen molar-refractivity contribution in [2.45, 2.75) is 0 Å². The molecule has 154 valence electrons. The predicted octanol–water partition coefficient (Wildman–Crippen LogP) is 5.16. The highest BCUT2D eigenvalue weighted by molar-refractivity contribution is 7.22. The highest BCUT2D eigenvalue weighted by Gasteiger charge is 2.21. The maximum Gasteiger partial charge on any atom is 0.280 e. The van der Waals surface area contributed by atoms with Crippen LogP contribution in [0.2, 0.25) is 0 Å². The third-order valence-electron chi connectivity index (χ3n) is 4.23. The predicted molar refractivity (Wildman–Crippen MR) is 113 cm³/mol. The number of hydrogen-bond acceptors (Lipinski definition) is 6. The summed E-state index contributed by atoms with van der Waals surface area (Å²) in [6.45, 7) is 0. The maximum atomic E-state index is 13.6. The zero-order chi connectivity index (χ0) is 22.0. The fourth-order valence-corrected chi connectivity index (χ4v) is 3.63. The Balaban J connectivity index is 1.73. The summed E-state index contributed by atoms with van der Waals surface area (Å²) in [5.41, 5.74) is 1.09. The molecule has 0 saturated carbocycles. The van der Waals surface area contributed by atoms with Crippen molar-refractivity contribution in [1.29, 1.82) is 0 Å². The summed E-state index contributed by atoms with van der Waals surface area (Å²) in [5.74, 6) is -1.50. The van der Waals surface area contributed by atoms with Crippen molar-refractivity contribution in [3.8, 4) is 0 Å². The molecule has 0 atom stereocenters. The lowest BCUT2D eigenvalue weighted by Crippen LogP contribution is -2.25. The Labute approximate surface area is 178 Å². The van der Waals surface area contributed by atoms with E-state index in [4.69, 9.17) is 0 Å². The molecule has 0 N–H and O–H groups in total. The summed E-state index contributed by atoms with van der Waals surface area (Å²) in [6, 6.07) is 14.6. The Morgan fingerprint density at radius 2 is 1.71 bits per heavy atom. The summed E-state index contributed by atoms with van der Waals surface area (Å²) in [6.07, 6.45) is 1.35. The monoisotopic (exact) mass is 438 g/mol. The topological polar surface area (TPSA) is 88.7 Å². The molecule has 0 aliphatic heterocycles. The number of nitro benzene ring substituents is 1. The standard InChI is InChI=1S/C21H12F2N4O3S/c22-15-5-3-14(4-6-15)20(28)26(21-25-18-10-7-16(23)11-19(18)31-21)24-12-13-1-8-17(9-2-13)27(29)30/h1-12H/b24-12+. The van der Waals surface area contributed by atoms with Crippen LogP contribution in [-0.2, 0) is 0 Å². The lowest BCUT2D eigenvalue weighted by atomic mass is 10.2. The van der Waals surface area contributed by atoms with E-state index in [2.05, 4.69) is 10.1 Å². The van der Waals surface area contributed by atoms with E-state index in [1.165, 1.54) is 60.8 Å². The van der Waals surface area contributed by atoms with E-state index in [9.17, 15) is 23.7 Å². The maximum absolute atomic E-state index is 13.6. The van der Waals surface area contributed by atoms with Gasteiger partial charge in [0.2, 0.25) is 5.13 Å². The van der Waals surface area contributed by atoms with Gasteiger partial charge in [-0.2, -0.15) is 10.1 Å². The van der Waals surface area contributed by atoms with E-state index in [0.717, 1.165) is 28.5 Å². The second-order valence-electron chi connectivity index (χ2n) is 6.33. The molecule has 0 spiro atoms. The molecular weight excluding hydrogens is 426 g/mol. The summed E-state index contributed by atoms with van der Waals surface area (Å²) in [7, 11) is 0. The number of fused-ring (bicyclic) bond motifs is 1. The van der Waals surface area contributed by atoms with Gasteiger partial charge in [0.25, 0.3) is 11.6 Å². The van der Waals surface area contributed by atoms with Crippen LogP contribution in [0.15, 0.2) is 71.8 Å².